The molecule has 0 bridgehead atoms. The Balaban J connectivity index is 2.83. The van der Waals surface area contributed by atoms with Gasteiger partial charge in [-0.1, -0.05) is 11.6 Å². The molecule has 0 aliphatic carbocycles. The van der Waals surface area contributed by atoms with Crippen LogP contribution in [0.2, 0.25) is 5.02 Å². The third-order valence-corrected chi connectivity index (χ3v) is 2.36. The molecule has 0 saturated heterocycles. The summed E-state index contributed by atoms with van der Waals surface area (Å²) in [6.07, 6.45) is 1.63. The van der Waals surface area contributed by atoms with Gasteiger partial charge in [-0.3, -0.25) is 4.98 Å². The number of aromatic nitrogens is 1. The molecule has 4 heteroatoms. The maximum Gasteiger partial charge on any atom is 0.121 e. The van der Waals surface area contributed by atoms with Crippen molar-refractivity contribution in [1.29, 1.82) is 0 Å². The van der Waals surface area contributed by atoms with Crippen molar-refractivity contribution >= 4 is 28.2 Å². The zero-order valence-electron chi connectivity index (χ0n) is 7.62. The van der Waals surface area contributed by atoms with Gasteiger partial charge in [0.15, 0.2) is 0 Å². The van der Waals surface area contributed by atoms with Crippen LogP contribution in [-0.2, 0) is 0 Å². The van der Waals surface area contributed by atoms with Gasteiger partial charge in [-0.05, 0) is 12.1 Å². The van der Waals surface area contributed by atoms with E-state index in [1.165, 1.54) is 0 Å². The fourth-order valence-corrected chi connectivity index (χ4v) is 1.54. The van der Waals surface area contributed by atoms with Gasteiger partial charge in [-0.15, -0.1) is 0 Å². The van der Waals surface area contributed by atoms with Gasteiger partial charge < -0.3 is 10.5 Å². The van der Waals surface area contributed by atoms with Crippen LogP contribution < -0.4 is 10.5 Å². The van der Waals surface area contributed by atoms with Crippen LogP contribution in [-0.4, -0.2) is 12.1 Å². The van der Waals surface area contributed by atoms with Crippen molar-refractivity contribution in [3.63, 3.8) is 0 Å². The van der Waals surface area contributed by atoms with Crippen molar-refractivity contribution in [2.24, 2.45) is 0 Å². The van der Waals surface area contributed by atoms with Crippen molar-refractivity contribution in [2.75, 3.05) is 12.8 Å². The summed E-state index contributed by atoms with van der Waals surface area (Å²) in [5, 5.41) is 1.44. The van der Waals surface area contributed by atoms with Gasteiger partial charge >= 0.3 is 0 Å². The fraction of sp³-hybridized carbons (Fsp3) is 0.100. The van der Waals surface area contributed by atoms with Crippen molar-refractivity contribution in [1.82, 2.24) is 4.98 Å². The summed E-state index contributed by atoms with van der Waals surface area (Å²) in [4.78, 5) is 4.15. The molecule has 0 aliphatic heterocycles. The summed E-state index contributed by atoms with van der Waals surface area (Å²) < 4.78 is 5.09. The molecule has 2 aromatic rings. The fourth-order valence-electron chi connectivity index (χ4n) is 1.34. The monoisotopic (exact) mass is 208 g/mol. The van der Waals surface area contributed by atoms with E-state index in [9.17, 15) is 0 Å². The molecule has 2 rings (SSSR count). The maximum absolute atomic E-state index is 6.01. The summed E-state index contributed by atoms with van der Waals surface area (Å²) in [6.45, 7) is 0. The molecular weight excluding hydrogens is 200 g/mol. The smallest absolute Gasteiger partial charge is 0.121 e. The second-order valence-corrected chi connectivity index (χ2v) is 3.31. The van der Waals surface area contributed by atoms with Crippen LogP contribution in [0.25, 0.3) is 10.9 Å². The van der Waals surface area contributed by atoms with Crippen LogP contribution in [0, 0.1) is 0 Å². The van der Waals surface area contributed by atoms with Crippen LogP contribution >= 0.6 is 11.6 Å². The van der Waals surface area contributed by atoms with Gasteiger partial charge in [0.1, 0.15) is 5.75 Å². The Kier molecular flexibility index (Phi) is 2.17. The lowest BCUT2D eigenvalue weighted by atomic mass is 10.2. The van der Waals surface area contributed by atoms with Crippen LogP contribution in [0.1, 0.15) is 0 Å². The molecule has 0 amide bonds. The van der Waals surface area contributed by atoms with E-state index in [2.05, 4.69) is 4.98 Å². The highest BCUT2D eigenvalue weighted by molar-refractivity contribution is 6.35. The molecule has 1 aromatic heterocycles. The number of benzene rings is 1. The minimum atomic E-state index is 0.571. The van der Waals surface area contributed by atoms with Crippen LogP contribution in [0.5, 0.6) is 5.75 Å². The summed E-state index contributed by atoms with van der Waals surface area (Å²) in [5.74, 6) is 0.685. The second kappa shape index (κ2) is 3.35. The third kappa shape index (κ3) is 1.36. The molecule has 0 fully saturated rings. The number of nitrogens with zero attached hydrogens (tertiary/aromatic N) is 1. The van der Waals surface area contributed by atoms with Gasteiger partial charge in [-0.2, -0.15) is 0 Å². The Morgan fingerprint density at radius 1 is 1.43 bits per heavy atom. The molecule has 72 valence electrons. The van der Waals surface area contributed by atoms with Gasteiger partial charge in [0.2, 0.25) is 0 Å². The summed E-state index contributed by atoms with van der Waals surface area (Å²) in [6, 6.07) is 5.27. The first kappa shape index (κ1) is 9.09. The Hall–Kier alpha value is -1.48. The average Bonchev–Trinajstić information content (AvgIpc) is 2.19. The Labute approximate surface area is 86.5 Å². The quantitative estimate of drug-likeness (QED) is 0.733. The normalized spacial score (nSPS) is 10.4. The van der Waals surface area contributed by atoms with Crippen molar-refractivity contribution in [3.05, 3.63) is 29.4 Å². The van der Waals surface area contributed by atoms with Gasteiger partial charge in [0.05, 0.1) is 23.3 Å². The number of pyridine rings is 1. The van der Waals surface area contributed by atoms with E-state index in [-0.39, 0.29) is 0 Å². The van der Waals surface area contributed by atoms with Gasteiger partial charge in [0, 0.05) is 17.6 Å². The van der Waals surface area contributed by atoms with Crippen LogP contribution in [0.15, 0.2) is 24.4 Å². The first-order valence-electron chi connectivity index (χ1n) is 4.10. The van der Waals surface area contributed by atoms with E-state index in [4.69, 9.17) is 22.1 Å². The molecule has 0 aliphatic rings. The lowest BCUT2D eigenvalue weighted by Crippen LogP contribution is -1.92. The SMILES string of the molecule is COc1cc(N)c2nccc(Cl)c2c1. The molecule has 0 radical (unpaired) electrons. The molecule has 0 atom stereocenters. The number of fused-ring (bicyclic) bond motifs is 1. The number of halogens is 1. The van der Waals surface area contributed by atoms with Crippen molar-refractivity contribution < 1.29 is 4.74 Å². The Morgan fingerprint density at radius 2 is 2.21 bits per heavy atom. The number of rotatable bonds is 1. The lowest BCUT2D eigenvalue weighted by Gasteiger charge is -2.06. The third-order valence-electron chi connectivity index (χ3n) is 2.03. The highest BCUT2D eigenvalue weighted by atomic mass is 35.5. The predicted molar refractivity (Wildman–Crippen MR) is 57.7 cm³/mol. The number of hydrogen-bond acceptors (Lipinski definition) is 3. The number of anilines is 1. The van der Waals surface area contributed by atoms with E-state index in [0.29, 0.717) is 22.0 Å². The number of ether oxygens (including phenoxy) is 1. The molecule has 0 spiro atoms. The second-order valence-electron chi connectivity index (χ2n) is 2.91. The lowest BCUT2D eigenvalue weighted by molar-refractivity contribution is 0.415. The highest BCUT2D eigenvalue weighted by Crippen LogP contribution is 2.30. The minimum Gasteiger partial charge on any atom is -0.497 e. The number of hydrogen-bond donors (Lipinski definition) is 1. The predicted octanol–water partition coefficient (Wildman–Crippen LogP) is 2.48. The Bertz CT molecular complexity index is 485. The van der Waals surface area contributed by atoms with Crippen molar-refractivity contribution in [3.8, 4) is 5.75 Å². The number of nitrogens with two attached hydrogens (primary N) is 1. The molecule has 1 aromatic carbocycles. The molecule has 14 heavy (non-hydrogen) atoms. The summed E-state index contributed by atoms with van der Waals surface area (Å²) in [7, 11) is 1.59. The highest BCUT2D eigenvalue weighted by Gasteiger charge is 2.05. The van der Waals surface area contributed by atoms with Crippen molar-refractivity contribution in [2.45, 2.75) is 0 Å². The summed E-state index contributed by atoms with van der Waals surface area (Å²) >= 11 is 6.01. The van der Waals surface area contributed by atoms with Crippen LogP contribution in [0.4, 0.5) is 5.69 Å². The van der Waals surface area contributed by atoms with E-state index < -0.39 is 0 Å². The van der Waals surface area contributed by atoms with Gasteiger partial charge in [0.25, 0.3) is 0 Å². The zero-order chi connectivity index (χ0) is 10.1. The van der Waals surface area contributed by atoms with E-state index in [1.807, 2.05) is 6.07 Å². The molecule has 0 unspecified atom stereocenters. The topological polar surface area (TPSA) is 48.1 Å². The molecule has 0 saturated carbocycles. The van der Waals surface area contributed by atoms with Crippen LogP contribution in [0.3, 0.4) is 0 Å². The first-order valence-corrected chi connectivity index (χ1v) is 4.48. The molecular formula is C10H9ClN2O. The maximum atomic E-state index is 6.01. The van der Waals surface area contributed by atoms with E-state index in [1.54, 1.807) is 25.4 Å². The minimum absolute atomic E-state index is 0.571. The largest absolute Gasteiger partial charge is 0.497 e. The van der Waals surface area contributed by atoms with E-state index >= 15 is 0 Å². The molecule has 3 nitrogen and oxygen atoms in total. The van der Waals surface area contributed by atoms with E-state index in [0.717, 1.165) is 5.39 Å². The number of nitrogen functional groups attached to an aromatic ring is 1. The molecule has 2 N–H and O–H groups in total. The van der Waals surface area contributed by atoms with Gasteiger partial charge in [-0.25, -0.2) is 0 Å². The zero-order valence-corrected chi connectivity index (χ0v) is 8.38. The first-order chi connectivity index (χ1) is 6.72. The average molecular weight is 209 g/mol. The molecule has 1 heterocycles. The summed E-state index contributed by atoms with van der Waals surface area (Å²) in [5.41, 5.74) is 7.08. The standard InChI is InChI=1S/C10H9ClN2O/c1-14-6-4-7-8(11)2-3-13-10(7)9(12)5-6/h2-5H,12H2,1H3. The Morgan fingerprint density at radius 3 is 2.93 bits per heavy atom. The number of methoxy groups -OCH3 is 1.